The summed E-state index contributed by atoms with van der Waals surface area (Å²) in [5.74, 6) is 1.47. The second kappa shape index (κ2) is 8.63. The summed E-state index contributed by atoms with van der Waals surface area (Å²) in [5.41, 5.74) is 1.62. The molecule has 154 valence electrons. The molecule has 1 amide bonds. The predicted molar refractivity (Wildman–Crippen MR) is 112 cm³/mol. The first kappa shape index (κ1) is 19.4. The fourth-order valence-electron chi connectivity index (χ4n) is 3.82. The number of nitrogens with zero attached hydrogens (tertiary/aromatic N) is 6. The van der Waals surface area contributed by atoms with E-state index in [1.165, 1.54) is 12.8 Å². The number of piperazine rings is 1. The van der Waals surface area contributed by atoms with E-state index in [1.54, 1.807) is 12.4 Å². The van der Waals surface area contributed by atoms with Crippen molar-refractivity contribution in [3.05, 3.63) is 36.2 Å². The van der Waals surface area contributed by atoms with Crippen LogP contribution in [-0.4, -0.2) is 72.4 Å². The highest BCUT2D eigenvalue weighted by molar-refractivity contribution is 5.94. The molecule has 29 heavy (non-hydrogen) atoms. The van der Waals surface area contributed by atoms with Gasteiger partial charge in [-0.05, 0) is 31.7 Å². The lowest BCUT2D eigenvalue weighted by atomic mass is 10.2. The van der Waals surface area contributed by atoms with Gasteiger partial charge >= 0.3 is 0 Å². The average molecular weight is 396 g/mol. The second-order valence-corrected chi connectivity index (χ2v) is 7.86. The normalized spacial score (nSPS) is 17.4. The van der Waals surface area contributed by atoms with E-state index in [-0.39, 0.29) is 12.0 Å². The minimum atomic E-state index is 0.0118. The van der Waals surface area contributed by atoms with Crippen molar-refractivity contribution in [1.82, 2.24) is 20.1 Å². The van der Waals surface area contributed by atoms with Crippen molar-refractivity contribution in [2.24, 2.45) is 0 Å². The largest absolute Gasteiger partial charge is 0.474 e. The minimum absolute atomic E-state index is 0.0118. The summed E-state index contributed by atoms with van der Waals surface area (Å²) >= 11 is 0. The Morgan fingerprint density at radius 3 is 2.52 bits per heavy atom. The van der Waals surface area contributed by atoms with Crippen molar-refractivity contribution in [3.63, 3.8) is 0 Å². The molecule has 8 nitrogen and oxygen atoms in total. The molecule has 8 heteroatoms. The topological polar surface area (TPSA) is 74.7 Å². The van der Waals surface area contributed by atoms with Gasteiger partial charge in [0.2, 0.25) is 5.88 Å². The van der Waals surface area contributed by atoms with E-state index in [2.05, 4.69) is 20.1 Å². The van der Waals surface area contributed by atoms with E-state index in [4.69, 9.17) is 4.74 Å². The van der Waals surface area contributed by atoms with Crippen molar-refractivity contribution in [2.45, 2.75) is 31.8 Å². The summed E-state index contributed by atoms with van der Waals surface area (Å²) in [6, 6.07) is 5.65. The van der Waals surface area contributed by atoms with Gasteiger partial charge < -0.3 is 19.4 Å². The number of aromatic nitrogens is 3. The molecule has 4 rings (SSSR count). The second-order valence-electron chi connectivity index (χ2n) is 7.86. The van der Waals surface area contributed by atoms with Gasteiger partial charge in [-0.25, -0.2) is 4.98 Å². The van der Waals surface area contributed by atoms with Crippen LogP contribution in [-0.2, 0) is 0 Å². The van der Waals surface area contributed by atoms with Crippen molar-refractivity contribution in [3.8, 4) is 5.88 Å². The highest BCUT2D eigenvalue weighted by atomic mass is 16.5. The molecule has 1 aliphatic heterocycles. The maximum Gasteiger partial charge on any atom is 0.255 e. The monoisotopic (exact) mass is 396 g/mol. The van der Waals surface area contributed by atoms with E-state index in [9.17, 15) is 4.79 Å². The lowest BCUT2D eigenvalue weighted by Gasteiger charge is -2.35. The van der Waals surface area contributed by atoms with Crippen LogP contribution in [0, 0.1) is 0 Å². The zero-order valence-electron chi connectivity index (χ0n) is 17.1. The van der Waals surface area contributed by atoms with E-state index in [0.717, 1.165) is 37.4 Å². The Hall–Kier alpha value is -2.90. The fourth-order valence-corrected chi connectivity index (χ4v) is 3.82. The van der Waals surface area contributed by atoms with Crippen LogP contribution in [0.5, 0.6) is 5.88 Å². The molecule has 2 aromatic heterocycles. The van der Waals surface area contributed by atoms with Gasteiger partial charge in [0, 0.05) is 58.6 Å². The molecule has 1 saturated carbocycles. The molecule has 0 aromatic carbocycles. The standard InChI is InChI=1S/C21H28N6O2/c1-25(2)17-13-19(24-23-15-17)26-9-11-27(12-10-26)21(28)16-7-8-20(22-14-16)29-18-5-3-4-6-18/h7-8,13-15,18H,3-6,9-12H2,1-2H3. The van der Waals surface area contributed by atoms with Gasteiger partial charge in [0.25, 0.3) is 5.91 Å². The highest BCUT2D eigenvalue weighted by Crippen LogP contribution is 2.23. The fraction of sp³-hybridized carbons (Fsp3) is 0.524. The smallest absolute Gasteiger partial charge is 0.255 e. The molecule has 0 N–H and O–H groups in total. The first-order chi connectivity index (χ1) is 14.1. The Labute approximate surface area is 171 Å². The molecule has 2 aliphatic rings. The van der Waals surface area contributed by atoms with Crippen molar-refractivity contribution < 1.29 is 9.53 Å². The first-order valence-electron chi connectivity index (χ1n) is 10.3. The van der Waals surface area contributed by atoms with E-state index >= 15 is 0 Å². The Bertz CT molecular complexity index is 827. The van der Waals surface area contributed by atoms with Crippen LogP contribution in [0.1, 0.15) is 36.0 Å². The lowest BCUT2D eigenvalue weighted by Crippen LogP contribution is -2.49. The van der Waals surface area contributed by atoms with Crippen molar-refractivity contribution in [2.75, 3.05) is 50.1 Å². The van der Waals surface area contributed by atoms with Crippen LogP contribution in [0.2, 0.25) is 0 Å². The molecular weight excluding hydrogens is 368 g/mol. The quantitative estimate of drug-likeness (QED) is 0.767. The number of pyridine rings is 1. The van der Waals surface area contributed by atoms with Crippen molar-refractivity contribution in [1.29, 1.82) is 0 Å². The summed E-state index contributed by atoms with van der Waals surface area (Å²) in [6.45, 7) is 2.75. The molecule has 2 aromatic rings. The number of rotatable bonds is 5. The summed E-state index contributed by atoms with van der Waals surface area (Å²) < 4.78 is 5.89. The average Bonchev–Trinajstić information content (AvgIpc) is 3.27. The summed E-state index contributed by atoms with van der Waals surface area (Å²) in [5, 5.41) is 8.34. The van der Waals surface area contributed by atoms with Gasteiger partial charge in [0.05, 0.1) is 17.4 Å². The number of carbonyl (C=O) groups is 1. The number of amides is 1. The molecule has 1 saturated heterocycles. The first-order valence-corrected chi connectivity index (χ1v) is 10.3. The van der Waals surface area contributed by atoms with Crippen LogP contribution in [0.4, 0.5) is 11.5 Å². The third kappa shape index (κ3) is 4.58. The number of anilines is 2. The number of hydrogen-bond donors (Lipinski definition) is 0. The zero-order valence-corrected chi connectivity index (χ0v) is 17.1. The molecule has 0 unspecified atom stereocenters. The summed E-state index contributed by atoms with van der Waals surface area (Å²) in [7, 11) is 3.96. The Morgan fingerprint density at radius 1 is 1.10 bits per heavy atom. The number of hydrogen-bond acceptors (Lipinski definition) is 7. The predicted octanol–water partition coefficient (Wildman–Crippen LogP) is 2.22. The molecule has 0 bridgehead atoms. The van der Waals surface area contributed by atoms with Crippen LogP contribution < -0.4 is 14.5 Å². The molecule has 2 fully saturated rings. The van der Waals surface area contributed by atoms with E-state index in [0.29, 0.717) is 24.5 Å². The third-order valence-corrected chi connectivity index (χ3v) is 5.61. The van der Waals surface area contributed by atoms with E-state index in [1.807, 2.05) is 42.1 Å². The maximum absolute atomic E-state index is 12.8. The molecule has 0 atom stereocenters. The lowest BCUT2D eigenvalue weighted by molar-refractivity contribution is 0.0746. The SMILES string of the molecule is CN(C)c1cnnc(N2CCN(C(=O)c3ccc(OC4CCCC4)nc3)CC2)c1. The van der Waals surface area contributed by atoms with Gasteiger partial charge in [-0.15, -0.1) is 5.10 Å². The summed E-state index contributed by atoms with van der Waals surface area (Å²) in [4.78, 5) is 23.2. The summed E-state index contributed by atoms with van der Waals surface area (Å²) in [6.07, 6.45) is 8.27. The Kier molecular flexibility index (Phi) is 5.78. The van der Waals surface area contributed by atoms with Crippen LogP contribution in [0.25, 0.3) is 0 Å². The van der Waals surface area contributed by atoms with Crippen molar-refractivity contribution >= 4 is 17.4 Å². The minimum Gasteiger partial charge on any atom is -0.474 e. The molecule has 3 heterocycles. The van der Waals surface area contributed by atoms with Gasteiger partial charge in [-0.1, -0.05) is 0 Å². The van der Waals surface area contributed by atoms with Crippen LogP contribution >= 0.6 is 0 Å². The number of carbonyl (C=O) groups excluding carboxylic acids is 1. The number of ether oxygens (including phenoxy) is 1. The third-order valence-electron chi connectivity index (χ3n) is 5.61. The molecule has 1 aliphatic carbocycles. The molecule has 0 spiro atoms. The van der Waals surface area contributed by atoms with Gasteiger partial charge in [-0.3, -0.25) is 4.79 Å². The molecule has 0 radical (unpaired) electrons. The van der Waals surface area contributed by atoms with Gasteiger partial charge in [0.15, 0.2) is 5.82 Å². The Morgan fingerprint density at radius 2 is 1.86 bits per heavy atom. The van der Waals surface area contributed by atoms with Crippen LogP contribution in [0.3, 0.4) is 0 Å². The van der Waals surface area contributed by atoms with Gasteiger partial charge in [0.1, 0.15) is 6.10 Å². The zero-order chi connectivity index (χ0) is 20.2. The van der Waals surface area contributed by atoms with E-state index < -0.39 is 0 Å². The molecular formula is C21H28N6O2. The maximum atomic E-state index is 12.8. The Balaban J connectivity index is 1.33. The van der Waals surface area contributed by atoms with Crippen LogP contribution in [0.15, 0.2) is 30.6 Å². The highest BCUT2D eigenvalue weighted by Gasteiger charge is 2.24. The van der Waals surface area contributed by atoms with Gasteiger partial charge in [-0.2, -0.15) is 5.10 Å².